The number of hydrogen-bond donors (Lipinski definition) is 2. The smallest absolute Gasteiger partial charge is 0.169 e. The first kappa shape index (κ1) is 10.4. The van der Waals surface area contributed by atoms with Gasteiger partial charge in [-0.2, -0.15) is 5.10 Å². The summed E-state index contributed by atoms with van der Waals surface area (Å²) in [6.45, 7) is 0. The quantitative estimate of drug-likeness (QED) is 0.795. The highest BCUT2D eigenvalue weighted by Gasteiger charge is 2.12. The van der Waals surface area contributed by atoms with Crippen LogP contribution in [0.15, 0.2) is 24.3 Å². The van der Waals surface area contributed by atoms with E-state index in [0.29, 0.717) is 11.5 Å². The molecule has 0 amide bonds. The van der Waals surface area contributed by atoms with E-state index in [1.807, 2.05) is 31.3 Å². The molecule has 2 aromatic rings. The maximum atomic E-state index is 5.87. The first-order valence-corrected chi connectivity index (χ1v) is 4.86. The third kappa shape index (κ3) is 1.56. The molecule has 0 aliphatic rings. The predicted molar refractivity (Wildman–Crippen MR) is 64.0 cm³/mol. The van der Waals surface area contributed by atoms with Crippen molar-refractivity contribution in [1.29, 1.82) is 0 Å². The van der Waals surface area contributed by atoms with Crippen LogP contribution in [0, 0.1) is 0 Å². The van der Waals surface area contributed by atoms with Crippen molar-refractivity contribution >= 4 is 11.5 Å². The molecule has 5 heteroatoms. The number of nitrogens with two attached hydrogens (primary N) is 2. The van der Waals surface area contributed by atoms with Crippen molar-refractivity contribution in [2.75, 3.05) is 18.6 Å². The molecule has 84 valence electrons. The Morgan fingerprint density at radius 3 is 2.25 bits per heavy atom. The van der Waals surface area contributed by atoms with Crippen molar-refractivity contribution in [2.45, 2.75) is 0 Å². The van der Waals surface area contributed by atoms with Gasteiger partial charge in [-0.05, 0) is 24.3 Å². The minimum atomic E-state index is 0.355. The molecule has 0 spiro atoms. The van der Waals surface area contributed by atoms with E-state index in [9.17, 15) is 0 Å². The zero-order chi connectivity index (χ0) is 11.7. The number of anilines is 2. The summed E-state index contributed by atoms with van der Waals surface area (Å²) in [7, 11) is 3.44. The zero-order valence-corrected chi connectivity index (χ0v) is 9.27. The minimum Gasteiger partial charge on any atom is -0.497 e. The number of nitrogen functional groups attached to an aromatic ring is 2. The summed E-state index contributed by atoms with van der Waals surface area (Å²) in [6.07, 6.45) is 0. The second kappa shape index (κ2) is 3.77. The molecule has 2 rings (SSSR count). The SMILES string of the molecule is COc1ccc(-c2c(N)c(N)nn2C)cc1. The number of nitrogens with zero attached hydrogens (tertiary/aromatic N) is 2. The van der Waals surface area contributed by atoms with Crippen molar-refractivity contribution in [2.24, 2.45) is 7.05 Å². The number of rotatable bonds is 2. The van der Waals surface area contributed by atoms with E-state index in [2.05, 4.69) is 5.10 Å². The summed E-state index contributed by atoms with van der Waals surface area (Å²) in [5.74, 6) is 1.16. The van der Waals surface area contributed by atoms with Gasteiger partial charge in [0.15, 0.2) is 5.82 Å². The second-order valence-electron chi connectivity index (χ2n) is 3.50. The van der Waals surface area contributed by atoms with Gasteiger partial charge in [-0.15, -0.1) is 0 Å². The molecular formula is C11H14N4O. The summed E-state index contributed by atoms with van der Waals surface area (Å²) >= 11 is 0. The Hall–Kier alpha value is -2.17. The van der Waals surface area contributed by atoms with Crippen LogP contribution in [0.4, 0.5) is 11.5 Å². The van der Waals surface area contributed by atoms with Crippen LogP contribution in [0.25, 0.3) is 11.3 Å². The lowest BCUT2D eigenvalue weighted by molar-refractivity contribution is 0.415. The molecule has 1 aromatic carbocycles. The number of aromatic nitrogens is 2. The van der Waals surface area contributed by atoms with Crippen LogP contribution < -0.4 is 16.2 Å². The number of aryl methyl sites for hydroxylation is 1. The molecule has 1 heterocycles. The van der Waals surface area contributed by atoms with Gasteiger partial charge in [0.25, 0.3) is 0 Å². The first-order valence-electron chi connectivity index (χ1n) is 4.86. The maximum Gasteiger partial charge on any atom is 0.169 e. The van der Waals surface area contributed by atoms with Gasteiger partial charge in [0.1, 0.15) is 11.4 Å². The van der Waals surface area contributed by atoms with Crippen molar-refractivity contribution in [3.8, 4) is 17.0 Å². The first-order chi connectivity index (χ1) is 7.63. The Kier molecular flexibility index (Phi) is 2.44. The third-order valence-electron chi connectivity index (χ3n) is 2.48. The lowest BCUT2D eigenvalue weighted by Gasteiger charge is -2.05. The van der Waals surface area contributed by atoms with Crippen molar-refractivity contribution in [3.05, 3.63) is 24.3 Å². The van der Waals surface area contributed by atoms with E-state index in [4.69, 9.17) is 16.2 Å². The Bertz CT molecular complexity index is 501. The van der Waals surface area contributed by atoms with Crippen molar-refractivity contribution in [3.63, 3.8) is 0 Å². The van der Waals surface area contributed by atoms with Crippen LogP contribution in [-0.4, -0.2) is 16.9 Å². The van der Waals surface area contributed by atoms with Gasteiger partial charge in [0, 0.05) is 12.6 Å². The average Bonchev–Trinajstić information content (AvgIpc) is 2.54. The molecule has 0 radical (unpaired) electrons. The van der Waals surface area contributed by atoms with Crippen LogP contribution in [-0.2, 0) is 7.05 Å². The molecule has 0 unspecified atom stereocenters. The van der Waals surface area contributed by atoms with E-state index in [1.165, 1.54) is 0 Å². The summed E-state index contributed by atoms with van der Waals surface area (Å²) < 4.78 is 6.77. The molecule has 0 aliphatic carbocycles. The van der Waals surface area contributed by atoms with Crippen molar-refractivity contribution < 1.29 is 4.74 Å². The van der Waals surface area contributed by atoms with Crippen LogP contribution >= 0.6 is 0 Å². The largest absolute Gasteiger partial charge is 0.497 e. The monoisotopic (exact) mass is 218 g/mol. The highest BCUT2D eigenvalue weighted by molar-refractivity contribution is 5.80. The standard InChI is InChI=1S/C11H14N4O/c1-15-10(9(12)11(13)14-15)7-3-5-8(16-2)6-4-7/h3-6H,12H2,1-2H3,(H2,13,14). The number of hydrogen-bond acceptors (Lipinski definition) is 4. The number of ether oxygens (including phenoxy) is 1. The number of methoxy groups -OCH3 is 1. The predicted octanol–water partition coefficient (Wildman–Crippen LogP) is 1.26. The molecule has 5 nitrogen and oxygen atoms in total. The highest BCUT2D eigenvalue weighted by Crippen LogP contribution is 2.30. The summed E-state index contributed by atoms with van der Waals surface area (Å²) in [5, 5.41) is 4.07. The molecular weight excluding hydrogens is 204 g/mol. The molecule has 0 atom stereocenters. The fourth-order valence-corrected chi connectivity index (χ4v) is 1.65. The molecule has 0 fully saturated rings. The van der Waals surface area contributed by atoms with Gasteiger partial charge >= 0.3 is 0 Å². The molecule has 0 aliphatic heterocycles. The number of benzene rings is 1. The van der Waals surface area contributed by atoms with Crippen LogP contribution in [0.5, 0.6) is 5.75 Å². The Morgan fingerprint density at radius 1 is 1.19 bits per heavy atom. The van der Waals surface area contributed by atoms with Gasteiger partial charge in [0.2, 0.25) is 0 Å². The summed E-state index contributed by atoms with van der Waals surface area (Å²) in [4.78, 5) is 0. The van der Waals surface area contributed by atoms with E-state index >= 15 is 0 Å². The van der Waals surface area contributed by atoms with E-state index in [-0.39, 0.29) is 0 Å². The van der Waals surface area contributed by atoms with Crippen LogP contribution in [0.2, 0.25) is 0 Å². The molecule has 1 aromatic heterocycles. The highest BCUT2D eigenvalue weighted by atomic mass is 16.5. The van der Waals surface area contributed by atoms with Crippen LogP contribution in [0.3, 0.4) is 0 Å². The Morgan fingerprint density at radius 2 is 1.81 bits per heavy atom. The van der Waals surface area contributed by atoms with Gasteiger partial charge < -0.3 is 16.2 Å². The third-order valence-corrected chi connectivity index (χ3v) is 2.48. The van der Waals surface area contributed by atoms with Gasteiger partial charge in [-0.1, -0.05) is 0 Å². The average molecular weight is 218 g/mol. The van der Waals surface area contributed by atoms with Gasteiger partial charge in [-0.3, -0.25) is 4.68 Å². The second-order valence-corrected chi connectivity index (χ2v) is 3.50. The topological polar surface area (TPSA) is 79.1 Å². The van der Waals surface area contributed by atoms with E-state index < -0.39 is 0 Å². The zero-order valence-electron chi connectivity index (χ0n) is 9.27. The normalized spacial score (nSPS) is 10.4. The lowest BCUT2D eigenvalue weighted by atomic mass is 10.1. The van der Waals surface area contributed by atoms with Gasteiger partial charge in [-0.25, -0.2) is 0 Å². The molecule has 4 N–H and O–H groups in total. The fourth-order valence-electron chi connectivity index (χ4n) is 1.65. The van der Waals surface area contributed by atoms with Crippen LogP contribution in [0.1, 0.15) is 0 Å². The van der Waals surface area contributed by atoms with Crippen molar-refractivity contribution in [1.82, 2.24) is 9.78 Å². The maximum absolute atomic E-state index is 5.87. The Balaban J connectivity index is 2.50. The molecule has 0 saturated heterocycles. The molecule has 0 bridgehead atoms. The van der Waals surface area contributed by atoms with Gasteiger partial charge in [0.05, 0.1) is 12.8 Å². The fraction of sp³-hybridized carbons (Fsp3) is 0.182. The molecule has 0 saturated carbocycles. The van der Waals surface area contributed by atoms with E-state index in [1.54, 1.807) is 11.8 Å². The molecule has 16 heavy (non-hydrogen) atoms. The summed E-state index contributed by atoms with van der Waals surface area (Å²) in [6, 6.07) is 7.59. The minimum absolute atomic E-state index is 0.355. The van der Waals surface area contributed by atoms with E-state index in [0.717, 1.165) is 17.0 Å². The lowest BCUT2D eigenvalue weighted by Crippen LogP contribution is -1.95. The summed E-state index contributed by atoms with van der Waals surface area (Å²) in [5.41, 5.74) is 13.8. The Labute approximate surface area is 93.6 Å².